The van der Waals surface area contributed by atoms with Crippen LogP contribution in [0.25, 0.3) is 11.4 Å². The van der Waals surface area contributed by atoms with Crippen molar-refractivity contribution in [1.82, 2.24) is 14.4 Å². The molecule has 8 nitrogen and oxygen atoms in total. The number of aryl methyl sites for hydroxylation is 1. The molecule has 3 aromatic rings. The van der Waals surface area contributed by atoms with Gasteiger partial charge in [-0.3, -0.25) is 4.79 Å². The largest absolute Gasteiger partial charge is 0.339 e. The predicted molar refractivity (Wildman–Crippen MR) is 125 cm³/mol. The lowest BCUT2D eigenvalue weighted by Gasteiger charge is -2.30. The van der Waals surface area contributed by atoms with Crippen LogP contribution in [0.2, 0.25) is 0 Å². The van der Waals surface area contributed by atoms with Crippen LogP contribution in [0.1, 0.15) is 49.5 Å². The molecule has 0 bridgehead atoms. The Morgan fingerprint density at radius 3 is 2.65 bits per heavy atom. The molecule has 1 aromatic carbocycles. The van der Waals surface area contributed by atoms with Crippen molar-refractivity contribution < 1.29 is 22.1 Å². The van der Waals surface area contributed by atoms with Crippen LogP contribution in [-0.2, 0) is 14.8 Å². The Hall–Kier alpha value is -2.63. The second kappa shape index (κ2) is 9.20. The highest BCUT2D eigenvalue weighted by Crippen LogP contribution is 2.37. The van der Waals surface area contributed by atoms with Crippen molar-refractivity contribution in [3.05, 3.63) is 46.9 Å². The minimum Gasteiger partial charge on any atom is -0.339 e. The van der Waals surface area contributed by atoms with Crippen LogP contribution in [-0.4, -0.2) is 41.9 Å². The summed E-state index contributed by atoms with van der Waals surface area (Å²) >= 11 is 1.13. The number of halogens is 1. The molecule has 180 valence electrons. The normalized spacial score (nSPS) is 18.1. The van der Waals surface area contributed by atoms with E-state index >= 15 is 0 Å². The average Bonchev–Trinajstić information content (AvgIpc) is 3.45. The molecule has 11 heteroatoms. The Kier molecular flexibility index (Phi) is 6.26. The van der Waals surface area contributed by atoms with Gasteiger partial charge in [0.05, 0.1) is 0 Å². The summed E-state index contributed by atoms with van der Waals surface area (Å²) in [5.41, 5.74) is 1.53. The van der Waals surface area contributed by atoms with Crippen LogP contribution in [0.15, 0.2) is 38.4 Å². The first-order chi connectivity index (χ1) is 16.3. The molecule has 2 fully saturated rings. The van der Waals surface area contributed by atoms with Crippen molar-refractivity contribution in [3.8, 4) is 11.4 Å². The van der Waals surface area contributed by atoms with Gasteiger partial charge < -0.3 is 9.84 Å². The summed E-state index contributed by atoms with van der Waals surface area (Å²) in [5, 5.41) is 8.48. The van der Waals surface area contributed by atoms with Crippen molar-refractivity contribution in [3.63, 3.8) is 0 Å². The summed E-state index contributed by atoms with van der Waals surface area (Å²) in [5.74, 6) is 0.394. The van der Waals surface area contributed by atoms with Crippen LogP contribution >= 0.6 is 11.3 Å². The van der Waals surface area contributed by atoms with Crippen LogP contribution in [0, 0.1) is 18.7 Å². The summed E-state index contributed by atoms with van der Waals surface area (Å²) in [4.78, 5) is 17.0. The quantitative estimate of drug-likeness (QED) is 0.528. The van der Waals surface area contributed by atoms with E-state index < -0.39 is 10.0 Å². The first kappa shape index (κ1) is 23.1. The fraction of sp³-hybridized carbons (Fsp3) is 0.435. The van der Waals surface area contributed by atoms with E-state index in [1.807, 2.05) is 0 Å². The summed E-state index contributed by atoms with van der Waals surface area (Å²) in [7, 11) is -3.69. The first-order valence-electron chi connectivity index (χ1n) is 11.3. The van der Waals surface area contributed by atoms with Gasteiger partial charge in [0.1, 0.15) is 10.0 Å². The number of aromatic nitrogens is 2. The molecule has 34 heavy (non-hydrogen) atoms. The molecule has 1 N–H and O–H groups in total. The molecular formula is C23H25FN4O4S2. The van der Waals surface area contributed by atoms with Gasteiger partial charge in [0.2, 0.25) is 17.6 Å². The number of sulfonamides is 1. The number of benzene rings is 1. The lowest BCUT2D eigenvalue weighted by atomic mass is 9.85. The van der Waals surface area contributed by atoms with Crippen molar-refractivity contribution in [2.75, 3.05) is 18.4 Å². The van der Waals surface area contributed by atoms with Crippen molar-refractivity contribution in [1.29, 1.82) is 0 Å². The van der Waals surface area contributed by atoms with Crippen molar-refractivity contribution in [2.24, 2.45) is 5.92 Å². The van der Waals surface area contributed by atoms with Crippen LogP contribution in [0.5, 0.6) is 0 Å². The zero-order chi connectivity index (χ0) is 23.9. The minimum atomic E-state index is -3.69. The Morgan fingerprint density at radius 2 is 1.97 bits per heavy atom. The maximum Gasteiger partial charge on any atom is 0.252 e. The lowest BCUT2D eigenvalue weighted by Crippen LogP contribution is -2.41. The fourth-order valence-electron chi connectivity index (χ4n) is 4.14. The molecule has 2 aliphatic rings. The number of carbonyl (C=O) groups is 1. The van der Waals surface area contributed by atoms with Gasteiger partial charge in [-0.15, -0.1) is 11.3 Å². The molecule has 1 aliphatic heterocycles. The first-order valence-corrected chi connectivity index (χ1v) is 13.6. The summed E-state index contributed by atoms with van der Waals surface area (Å²) in [6.45, 7) is 2.14. The highest BCUT2D eigenvalue weighted by atomic mass is 32.2. The number of hydrogen-bond acceptors (Lipinski definition) is 7. The van der Waals surface area contributed by atoms with E-state index in [1.165, 1.54) is 10.4 Å². The van der Waals surface area contributed by atoms with Gasteiger partial charge in [0, 0.05) is 41.6 Å². The molecule has 0 atom stereocenters. The van der Waals surface area contributed by atoms with E-state index in [4.69, 9.17) is 4.52 Å². The monoisotopic (exact) mass is 504 g/mol. The van der Waals surface area contributed by atoms with Gasteiger partial charge >= 0.3 is 0 Å². The number of anilines is 1. The van der Waals surface area contributed by atoms with Crippen LogP contribution < -0.4 is 5.32 Å². The zero-order valence-electron chi connectivity index (χ0n) is 18.7. The van der Waals surface area contributed by atoms with E-state index in [9.17, 15) is 17.6 Å². The van der Waals surface area contributed by atoms with Gasteiger partial charge in [-0.1, -0.05) is 17.6 Å². The Balaban J connectivity index is 1.21. The number of carbonyl (C=O) groups excluding carboxylic acids is 1. The Morgan fingerprint density at radius 1 is 1.21 bits per heavy atom. The molecular weight excluding hydrogens is 479 g/mol. The van der Waals surface area contributed by atoms with E-state index in [-0.39, 0.29) is 34.9 Å². The van der Waals surface area contributed by atoms with E-state index in [1.54, 1.807) is 30.5 Å². The second-order valence-corrected chi connectivity index (χ2v) is 11.9. The molecule has 0 unspecified atom stereocenters. The van der Waals surface area contributed by atoms with Gasteiger partial charge in [0.15, 0.2) is 0 Å². The number of piperidine rings is 1. The van der Waals surface area contributed by atoms with Crippen molar-refractivity contribution >= 4 is 33.0 Å². The maximum absolute atomic E-state index is 13.7. The molecule has 3 heterocycles. The number of rotatable bonds is 6. The van der Waals surface area contributed by atoms with Gasteiger partial charge in [-0.2, -0.15) is 9.29 Å². The van der Waals surface area contributed by atoms with Gasteiger partial charge in [-0.25, -0.2) is 12.8 Å². The molecule has 0 radical (unpaired) electrons. The third kappa shape index (κ3) is 4.51. The highest BCUT2D eigenvalue weighted by Gasteiger charge is 2.33. The van der Waals surface area contributed by atoms with Crippen LogP contribution in [0.4, 0.5) is 10.1 Å². The number of nitrogens with zero attached hydrogens (tertiary/aromatic N) is 3. The topological polar surface area (TPSA) is 105 Å². The fourth-order valence-corrected chi connectivity index (χ4v) is 6.92. The SMILES string of the molecule is Cc1ccc(NC(=O)C2CCN(S(=O)(=O)c3cc(-c4noc(C5CCC5)n4)cs3)CC2)cc1F. The molecule has 2 aromatic heterocycles. The third-order valence-electron chi connectivity index (χ3n) is 6.59. The number of thiophene rings is 1. The van der Waals surface area contributed by atoms with Gasteiger partial charge in [-0.05, 0) is 56.4 Å². The van der Waals surface area contributed by atoms with Crippen molar-refractivity contribution in [2.45, 2.75) is 49.2 Å². The maximum atomic E-state index is 13.7. The summed E-state index contributed by atoms with van der Waals surface area (Å²) in [6.07, 6.45) is 4.04. The third-order valence-corrected chi connectivity index (χ3v) is 9.90. The molecule has 5 rings (SSSR count). The predicted octanol–water partition coefficient (Wildman–Crippen LogP) is 4.55. The molecule has 1 aliphatic carbocycles. The lowest BCUT2D eigenvalue weighted by molar-refractivity contribution is -0.120. The molecule has 1 saturated carbocycles. The summed E-state index contributed by atoms with van der Waals surface area (Å²) < 4.78 is 47.1. The average molecular weight is 505 g/mol. The zero-order valence-corrected chi connectivity index (χ0v) is 20.3. The second-order valence-electron chi connectivity index (χ2n) is 8.87. The van der Waals surface area contributed by atoms with E-state index in [2.05, 4.69) is 15.5 Å². The standard InChI is InChI=1S/C23H25FN4O4S2/c1-14-5-6-18(12-19(14)24)25-22(29)15-7-9-28(10-8-15)34(30,31)20-11-17(13-33-20)21-26-23(32-27-21)16-3-2-4-16/h5-6,11-13,15-16H,2-4,7-10H2,1H3,(H,25,29). The molecule has 0 spiro atoms. The minimum absolute atomic E-state index is 0.218. The number of nitrogens with one attached hydrogen (secondary N) is 1. The highest BCUT2D eigenvalue weighted by molar-refractivity contribution is 7.91. The van der Waals surface area contributed by atoms with Gasteiger partial charge in [0.25, 0.3) is 10.0 Å². The number of amides is 1. The smallest absolute Gasteiger partial charge is 0.252 e. The van der Waals surface area contributed by atoms with E-state index in [0.29, 0.717) is 47.3 Å². The van der Waals surface area contributed by atoms with E-state index in [0.717, 1.165) is 30.6 Å². The number of hydrogen-bond donors (Lipinski definition) is 1. The Labute approximate surface area is 201 Å². The van der Waals surface area contributed by atoms with Crippen LogP contribution in [0.3, 0.4) is 0 Å². The molecule has 1 saturated heterocycles. The Bertz CT molecular complexity index is 1310. The summed E-state index contributed by atoms with van der Waals surface area (Å²) in [6, 6.07) is 6.14. The molecule has 1 amide bonds.